The van der Waals surface area contributed by atoms with Gasteiger partial charge in [0, 0.05) is 62.6 Å². The molecular weight excluding hydrogens is 597 g/mol. The number of nitrogens with zero attached hydrogens (tertiary/aromatic N) is 4. The van der Waals surface area contributed by atoms with Crippen LogP contribution in [0, 0.1) is 17.3 Å². The van der Waals surface area contributed by atoms with E-state index in [1.54, 1.807) is 5.57 Å². The first-order valence-electron chi connectivity index (χ1n) is 18.3. The number of benzene rings is 3. The van der Waals surface area contributed by atoms with Crippen LogP contribution in [0.4, 0.5) is 11.4 Å². The molecule has 3 aromatic carbocycles. The number of fused-ring (bicyclic) bond motifs is 5. The van der Waals surface area contributed by atoms with Crippen molar-refractivity contribution in [2.75, 3.05) is 23.9 Å². The molecule has 3 aliphatic carbocycles. The standard InChI is InChI=1S/C45H52N4/c1-8-36-34(28-35-29-40(36)44(35,3)4)27-31(2)37-17-11-9-15-32(37)21-22-33-16-10-13-19-41(33)48-25-23-46(6)43(48)39-30-45(5)47(7)24-26-49(45)42-20-14-12-18-38(39)42/h8-20,23-27,35,39-40,43H,2,21-22,28-30H2,1,3-7H3/b34-27-,36-8+/t35-,39?,40-,43?,45+/m1/s1. The molecule has 6 aliphatic rings. The molecule has 3 aromatic rings. The van der Waals surface area contributed by atoms with Crippen LogP contribution in [0.1, 0.15) is 75.1 Å². The van der Waals surface area contributed by atoms with Crippen molar-refractivity contribution in [1.82, 2.24) is 9.80 Å². The molecule has 2 unspecified atom stereocenters. The topological polar surface area (TPSA) is 13.0 Å². The van der Waals surface area contributed by atoms with Gasteiger partial charge in [-0.1, -0.05) is 93.2 Å². The molecular formula is C45H52N4. The molecule has 5 atom stereocenters. The van der Waals surface area contributed by atoms with Gasteiger partial charge in [-0.3, -0.25) is 0 Å². The maximum absolute atomic E-state index is 4.64. The van der Waals surface area contributed by atoms with Crippen LogP contribution < -0.4 is 9.80 Å². The zero-order valence-corrected chi connectivity index (χ0v) is 30.2. The predicted molar refractivity (Wildman–Crippen MR) is 206 cm³/mol. The molecule has 4 nitrogen and oxygen atoms in total. The van der Waals surface area contributed by atoms with Gasteiger partial charge < -0.3 is 19.6 Å². The molecule has 3 saturated carbocycles. The molecule has 9 rings (SSSR count). The number of rotatable bonds is 7. The summed E-state index contributed by atoms with van der Waals surface area (Å²) in [4.78, 5) is 9.82. The second kappa shape index (κ2) is 11.9. The Kier molecular flexibility index (Phi) is 7.70. The average Bonchev–Trinajstić information content (AvgIpc) is 3.64. The Labute approximate surface area is 294 Å². The normalized spacial score (nSPS) is 29.4. The van der Waals surface area contributed by atoms with Crippen LogP contribution in [-0.4, -0.2) is 35.7 Å². The Balaban J connectivity index is 1.06. The summed E-state index contributed by atoms with van der Waals surface area (Å²) in [5.41, 5.74) is 12.6. The SMILES string of the molecule is C=C(/C=C1/C[C@@H]2C[C@H](/C1=C/C)C2(C)C)c1ccccc1CCc1ccccc1N1C=CN(C)C1C1C[C@@]2(C)N(C)C=CN2c2ccccc21. The van der Waals surface area contributed by atoms with Crippen LogP contribution in [0.3, 0.4) is 0 Å². The monoisotopic (exact) mass is 648 g/mol. The van der Waals surface area contributed by atoms with E-state index in [4.69, 9.17) is 0 Å². The van der Waals surface area contributed by atoms with Gasteiger partial charge in [-0.15, -0.1) is 0 Å². The molecule has 3 heterocycles. The third-order valence-corrected chi connectivity index (χ3v) is 13.1. The zero-order chi connectivity index (χ0) is 34.1. The van der Waals surface area contributed by atoms with Gasteiger partial charge in [0.1, 0.15) is 11.8 Å². The average molecular weight is 649 g/mol. The van der Waals surface area contributed by atoms with Crippen LogP contribution >= 0.6 is 0 Å². The van der Waals surface area contributed by atoms with Crippen LogP contribution in [0.25, 0.3) is 5.57 Å². The molecule has 252 valence electrons. The van der Waals surface area contributed by atoms with Crippen LogP contribution in [0.2, 0.25) is 0 Å². The summed E-state index contributed by atoms with van der Waals surface area (Å²) in [6.45, 7) is 14.2. The lowest BCUT2D eigenvalue weighted by molar-refractivity contribution is -0.0112. The third-order valence-electron chi connectivity index (χ3n) is 13.1. The Morgan fingerprint density at radius 3 is 2.31 bits per heavy atom. The summed E-state index contributed by atoms with van der Waals surface area (Å²) in [6.07, 6.45) is 19.5. The minimum atomic E-state index is -0.100. The highest BCUT2D eigenvalue weighted by atomic mass is 15.4. The predicted octanol–water partition coefficient (Wildman–Crippen LogP) is 10.1. The highest BCUT2D eigenvalue weighted by molar-refractivity contribution is 5.76. The van der Waals surface area contributed by atoms with E-state index in [9.17, 15) is 0 Å². The fourth-order valence-electron chi connectivity index (χ4n) is 9.91. The van der Waals surface area contributed by atoms with Crippen molar-refractivity contribution < 1.29 is 0 Å². The van der Waals surface area contributed by atoms with E-state index in [1.165, 1.54) is 52.0 Å². The van der Waals surface area contributed by atoms with Crippen molar-refractivity contribution in [3.05, 3.63) is 150 Å². The second-order valence-corrected chi connectivity index (χ2v) is 15.9. The van der Waals surface area contributed by atoms with E-state index in [0.29, 0.717) is 17.3 Å². The number of para-hydroxylation sites is 2. The largest absolute Gasteiger partial charge is 0.358 e. The maximum atomic E-state index is 4.64. The van der Waals surface area contributed by atoms with Gasteiger partial charge in [0.05, 0.1) is 0 Å². The molecule has 0 N–H and O–H groups in total. The molecule has 4 heteroatoms. The Morgan fingerprint density at radius 1 is 0.837 bits per heavy atom. The summed E-state index contributed by atoms with van der Waals surface area (Å²) < 4.78 is 0. The number of allylic oxidation sites excluding steroid dienone is 5. The molecule has 0 saturated heterocycles. The molecule has 49 heavy (non-hydrogen) atoms. The number of hydrogen-bond donors (Lipinski definition) is 0. The number of anilines is 2. The number of likely N-dealkylation sites (N-methyl/N-ethyl adjacent to an activating group) is 1. The molecule has 0 radical (unpaired) electrons. The van der Waals surface area contributed by atoms with Gasteiger partial charge in [0.2, 0.25) is 0 Å². The van der Waals surface area contributed by atoms with Crippen LogP contribution in [-0.2, 0) is 12.8 Å². The minimum absolute atomic E-state index is 0.100. The third kappa shape index (κ3) is 5.01. The maximum Gasteiger partial charge on any atom is 0.114 e. The molecule has 0 amide bonds. The van der Waals surface area contributed by atoms with E-state index in [1.807, 2.05) is 0 Å². The summed E-state index contributed by atoms with van der Waals surface area (Å²) >= 11 is 0. The number of aryl methyl sites for hydroxylation is 2. The van der Waals surface area contributed by atoms with E-state index >= 15 is 0 Å². The molecule has 3 aliphatic heterocycles. The Morgan fingerprint density at radius 2 is 1.53 bits per heavy atom. The van der Waals surface area contributed by atoms with Crippen molar-refractivity contribution in [2.24, 2.45) is 17.3 Å². The highest BCUT2D eigenvalue weighted by Crippen LogP contribution is 2.63. The Hall–Kier alpha value is -4.44. The van der Waals surface area contributed by atoms with Gasteiger partial charge in [-0.2, -0.15) is 0 Å². The second-order valence-electron chi connectivity index (χ2n) is 15.9. The summed E-state index contributed by atoms with van der Waals surface area (Å²) in [6, 6.07) is 27.0. The van der Waals surface area contributed by atoms with Crippen molar-refractivity contribution in [1.29, 1.82) is 0 Å². The Bertz CT molecular complexity index is 1910. The van der Waals surface area contributed by atoms with Gasteiger partial charge >= 0.3 is 0 Å². The molecule has 0 spiro atoms. The van der Waals surface area contributed by atoms with Gasteiger partial charge in [-0.25, -0.2) is 0 Å². The lowest BCUT2D eigenvalue weighted by atomic mass is 9.46. The van der Waals surface area contributed by atoms with Crippen molar-refractivity contribution in [3.8, 4) is 0 Å². The van der Waals surface area contributed by atoms with Crippen molar-refractivity contribution in [2.45, 2.75) is 77.5 Å². The zero-order valence-electron chi connectivity index (χ0n) is 30.2. The lowest BCUT2D eigenvalue weighted by Crippen LogP contribution is -2.56. The van der Waals surface area contributed by atoms with E-state index in [-0.39, 0.29) is 11.8 Å². The first kappa shape index (κ1) is 31.8. The smallest absolute Gasteiger partial charge is 0.114 e. The fraction of sp³-hybridized carbons (Fsp3) is 0.378. The minimum Gasteiger partial charge on any atom is -0.358 e. The van der Waals surface area contributed by atoms with E-state index < -0.39 is 0 Å². The van der Waals surface area contributed by atoms with Crippen LogP contribution in [0.15, 0.2) is 127 Å². The molecule has 0 aromatic heterocycles. The lowest BCUT2D eigenvalue weighted by Gasteiger charge is -2.58. The van der Waals surface area contributed by atoms with Crippen molar-refractivity contribution >= 4 is 16.9 Å². The molecule has 2 bridgehead atoms. The van der Waals surface area contributed by atoms with Gasteiger partial charge in [-0.05, 0) is 108 Å². The van der Waals surface area contributed by atoms with Crippen LogP contribution in [0.5, 0.6) is 0 Å². The van der Waals surface area contributed by atoms with Gasteiger partial charge in [0.15, 0.2) is 0 Å². The summed E-state index contributed by atoms with van der Waals surface area (Å²) in [5.74, 6) is 1.79. The number of hydrogen-bond acceptors (Lipinski definition) is 4. The first-order chi connectivity index (χ1) is 23.6. The summed E-state index contributed by atoms with van der Waals surface area (Å²) in [7, 11) is 4.45. The quantitative estimate of drug-likeness (QED) is 0.253. The molecule has 3 fully saturated rings. The summed E-state index contributed by atoms with van der Waals surface area (Å²) in [5, 5.41) is 0. The highest BCUT2D eigenvalue weighted by Gasteiger charge is 2.53. The van der Waals surface area contributed by atoms with Gasteiger partial charge in [0.25, 0.3) is 0 Å². The van der Waals surface area contributed by atoms with E-state index in [0.717, 1.165) is 30.8 Å². The van der Waals surface area contributed by atoms with Crippen molar-refractivity contribution in [3.63, 3.8) is 0 Å². The fourth-order valence-corrected chi connectivity index (χ4v) is 9.91. The van der Waals surface area contributed by atoms with E-state index in [2.05, 4.69) is 178 Å². The first-order valence-corrected chi connectivity index (χ1v) is 18.3.